The van der Waals surface area contributed by atoms with Crippen molar-refractivity contribution in [3.63, 3.8) is 0 Å². The average Bonchev–Trinajstić information content (AvgIpc) is 2.73. The number of anilines is 2. The maximum Gasteiger partial charge on any atom is 0.254 e. The lowest BCUT2D eigenvalue weighted by atomic mass is 10.0. The third kappa shape index (κ3) is 4.68. The number of nitrogens with zero attached hydrogens (tertiary/aromatic N) is 1. The predicted molar refractivity (Wildman–Crippen MR) is 114 cm³/mol. The van der Waals surface area contributed by atoms with Gasteiger partial charge in [0.05, 0.1) is 22.3 Å². The number of halogens is 1. The molecule has 0 spiro atoms. The second-order valence-corrected chi connectivity index (χ2v) is 6.87. The fourth-order valence-electron chi connectivity index (χ4n) is 3.04. The van der Waals surface area contributed by atoms with Crippen molar-refractivity contribution in [2.24, 2.45) is 0 Å². The van der Waals surface area contributed by atoms with E-state index in [1.54, 1.807) is 6.92 Å². The lowest BCUT2D eigenvalue weighted by Gasteiger charge is -2.15. The van der Waals surface area contributed by atoms with Gasteiger partial charge in [0.25, 0.3) is 5.91 Å². The minimum absolute atomic E-state index is 0.0736. The number of ketones is 2. The second-order valence-electron chi connectivity index (χ2n) is 6.87. The number of hydrogen-bond acceptors (Lipinski definition) is 5. The minimum Gasteiger partial charge on any atom is -0.354 e. The molecule has 0 radical (unpaired) electrons. The Morgan fingerprint density at radius 3 is 2.47 bits per heavy atom. The summed E-state index contributed by atoms with van der Waals surface area (Å²) in [6.45, 7) is 3.28. The Kier molecular flexibility index (Phi) is 6.51. The van der Waals surface area contributed by atoms with Gasteiger partial charge in [0.15, 0.2) is 5.78 Å². The van der Waals surface area contributed by atoms with Gasteiger partial charge < -0.3 is 10.6 Å². The highest BCUT2D eigenvalue weighted by atomic mass is 19.1. The molecule has 1 heterocycles. The highest BCUT2D eigenvalue weighted by Crippen LogP contribution is 2.31. The van der Waals surface area contributed by atoms with Gasteiger partial charge in [-0.25, -0.2) is 4.39 Å². The molecule has 0 aliphatic carbocycles. The van der Waals surface area contributed by atoms with Crippen molar-refractivity contribution in [2.45, 2.75) is 26.7 Å². The van der Waals surface area contributed by atoms with E-state index in [1.165, 1.54) is 25.3 Å². The van der Waals surface area contributed by atoms with Crippen molar-refractivity contribution >= 4 is 39.8 Å². The van der Waals surface area contributed by atoms with Gasteiger partial charge in [0, 0.05) is 42.7 Å². The largest absolute Gasteiger partial charge is 0.354 e. The van der Waals surface area contributed by atoms with Crippen molar-refractivity contribution in [1.82, 2.24) is 10.3 Å². The van der Waals surface area contributed by atoms with E-state index >= 15 is 0 Å². The Morgan fingerprint density at radius 2 is 1.80 bits per heavy atom. The van der Waals surface area contributed by atoms with E-state index in [0.29, 0.717) is 22.2 Å². The van der Waals surface area contributed by atoms with Crippen LogP contribution in [0.25, 0.3) is 10.9 Å². The zero-order valence-corrected chi connectivity index (χ0v) is 16.8. The number of nitrogens with one attached hydrogen (secondary N) is 2. The summed E-state index contributed by atoms with van der Waals surface area (Å²) in [6, 6.07) is 11.8. The number of aromatic nitrogens is 1. The summed E-state index contributed by atoms with van der Waals surface area (Å²) < 4.78 is 14.6. The van der Waals surface area contributed by atoms with E-state index in [1.807, 2.05) is 30.3 Å². The quantitative estimate of drug-likeness (QED) is 0.540. The van der Waals surface area contributed by atoms with Gasteiger partial charge in [-0.1, -0.05) is 25.1 Å². The molecule has 1 amide bonds. The molecule has 0 aliphatic rings. The highest BCUT2D eigenvalue weighted by molar-refractivity contribution is 6.10. The van der Waals surface area contributed by atoms with Crippen LogP contribution in [-0.4, -0.2) is 29.0 Å². The van der Waals surface area contributed by atoms with Crippen LogP contribution in [0.3, 0.4) is 0 Å². The number of amides is 1. The first kappa shape index (κ1) is 21.1. The van der Waals surface area contributed by atoms with Crippen LogP contribution in [0.1, 0.15) is 47.4 Å². The normalized spacial score (nSPS) is 10.6. The molecule has 3 aromatic rings. The molecule has 0 bridgehead atoms. The van der Waals surface area contributed by atoms with Gasteiger partial charge in [-0.3, -0.25) is 19.4 Å². The fourth-order valence-corrected chi connectivity index (χ4v) is 3.04. The maximum absolute atomic E-state index is 14.6. The molecule has 0 saturated carbocycles. The number of hydrogen-bond donors (Lipinski definition) is 2. The molecule has 2 N–H and O–H groups in total. The third-order valence-corrected chi connectivity index (χ3v) is 4.63. The number of para-hydroxylation sites is 1. The molecular formula is C23H22FN3O3. The van der Waals surface area contributed by atoms with E-state index in [0.717, 1.165) is 5.69 Å². The predicted octanol–water partition coefficient (Wildman–Crippen LogP) is 4.42. The van der Waals surface area contributed by atoms with Crippen molar-refractivity contribution < 1.29 is 18.8 Å². The second kappa shape index (κ2) is 9.26. The number of benzene rings is 2. The van der Waals surface area contributed by atoms with Crippen LogP contribution >= 0.6 is 0 Å². The molecular weight excluding hydrogens is 385 g/mol. The van der Waals surface area contributed by atoms with E-state index in [-0.39, 0.29) is 36.5 Å². The van der Waals surface area contributed by atoms with Crippen molar-refractivity contribution in [2.75, 3.05) is 11.9 Å². The monoisotopic (exact) mass is 407 g/mol. The van der Waals surface area contributed by atoms with Crippen LogP contribution in [0.15, 0.2) is 48.7 Å². The molecule has 6 nitrogen and oxygen atoms in total. The lowest BCUT2D eigenvalue weighted by molar-refractivity contribution is -0.116. The van der Waals surface area contributed by atoms with Crippen LogP contribution in [0, 0.1) is 5.82 Å². The van der Waals surface area contributed by atoms with Gasteiger partial charge in [0.1, 0.15) is 11.6 Å². The molecule has 154 valence electrons. The number of carbonyl (C=O) groups excluding carboxylic acids is 3. The first-order valence-corrected chi connectivity index (χ1v) is 9.65. The summed E-state index contributed by atoms with van der Waals surface area (Å²) >= 11 is 0. The van der Waals surface area contributed by atoms with E-state index in [2.05, 4.69) is 15.6 Å². The van der Waals surface area contributed by atoms with Gasteiger partial charge >= 0.3 is 0 Å². The van der Waals surface area contributed by atoms with Crippen molar-refractivity contribution in [3.05, 3.63) is 65.6 Å². The Labute approximate surface area is 173 Å². The third-order valence-electron chi connectivity index (χ3n) is 4.63. The summed E-state index contributed by atoms with van der Waals surface area (Å²) in [5.41, 5.74) is 1.72. The molecule has 30 heavy (non-hydrogen) atoms. The number of Topliss-reactive ketones (excluding diaryl/α,β-unsaturated/α-hetero) is 2. The molecule has 1 aromatic heterocycles. The smallest absolute Gasteiger partial charge is 0.254 e. The van der Waals surface area contributed by atoms with Gasteiger partial charge in [-0.15, -0.1) is 0 Å². The summed E-state index contributed by atoms with van der Waals surface area (Å²) in [5.74, 6) is -1.56. The fraction of sp³-hybridized carbons (Fsp3) is 0.217. The summed E-state index contributed by atoms with van der Waals surface area (Å²) in [5, 5.41) is 6.22. The summed E-state index contributed by atoms with van der Waals surface area (Å²) in [4.78, 5) is 40.3. The molecule has 0 fully saturated rings. The van der Waals surface area contributed by atoms with Crippen LogP contribution in [0.4, 0.5) is 15.8 Å². The lowest BCUT2D eigenvalue weighted by Crippen LogP contribution is -2.26. The zero-order chi connectivity index (χ0) is 21.7. The maximum atomic E-state index is 14.6. The Balaban J connectivity index is 2.10. The number of pyridine rings is 1. The summed E-state index contributed by atoms with van der Waals surface area (Å²) in [6.07, 6.45) is 1.86. The first-order valence-electron chi connectivity index (χ1n) is 9.65. The minimum atomic E-state index is -0.726. The standard InChI is InChI=1S/C23H22FN3O3/c1-3-21(29)18-13-26-20-12-19(24)16(23(30)25-10-9-14(2)28)11-17(20)22(18)27-15-7-5-4-6-8-15/h4-8,11-13H,3,9-10H2,1-2H3,(H,25,30)(H,26,27). The molecule has 2 aromatic carbocycles. The molecule has 3 rings (SSSR count). The first-order chi connectivity index (χ1) is 14.4. The van der Waals surface area contributed by atoms with Gasteiger partial charge in [-0.2, -0.15) is 0 Å². The van der Waals surface area contributed by atoms with E-state index in [9.17, 15) is 18.8 Å². The zero-order valence-electron chi connectivity index (χ0n) is 16.8. The van der Waals surface area contributed by atoms with Crippen LogP contribution in [0.5, 0.6) is 0 Å². The van der Waals surface area contributed by atoms with Gasteiger partial charge in [0.2, 0.25) is 0 Å². The molecule has 0 aliphatic heterocycles. The Morgan fingerprint density at radius 1 is 1.07 bits per heavy atom. The SMILES string of the molecule is CCC(=O)c1cnc2cc(F)c(C(=O)NCCC(C)=O)cc2c1Nc1ccccc1. The average molecular weight is 407 g/mol. The molecule has 0 atom stereocenters. The van der Waals surface area contributed by atoms with E-state index in [4.69, 9.17) is 0 Å². The van der Waals surface area contributed by atoms with Gasteiger partial charge in [-0.05, 0) is 25.1 Å². The van der Waals surface area contributed by atoms with E-state index < -0.39 is 11.7 Å². The topological polar surface area (TPSA) is 88.2 Å². The van der Waals surface area contributed by atoms with Crippen LogP contribution in [0.2, 0.25) is 0 Å². The molecule has 0 unspecified atom stereocenters. The number of carbonyl (C=O) groups is 3. The van der Waals surface area contributed by atoms with Crippen LogP contribution in [-0.2, 0) is 4.79 Å². The van der Waals surface area contributed by atoms with Crippen LogP contribution < -0.4 is 10.6 Å². The number of rotatable bonds is 8. The molecule has 7 heteroatoms. The highest BCUT2D eigenvalue weighted by Gasteiger charge is 2.19. The Hall–Kier alpha value is -3.61. The summed E-state index contributed by atoms with van der Waals surface area (Å²) in [7, 11) is 0. The van der Waals surface area contributed by atoms with Crippen molar-refractivity contribution in [1.29, 1.82) is 0 Å². The number of fused-ring (bicyclic) bond motifs is 1. The van der Waals surface area contributed by atoms with Crippen molar-refractivity contribution in [3.8, 4) is 0 Å². The Bertz CT molecular complexity index is 1110. The molecule has 0 saturated heterocycles.